The van der Waals surface area contributed by atoms with Crippen molar-refractivity contribution in [2.75, 3.05) is 13.7 Å². The number of aliphatic hydroxyl groups is 1. The number of allylic oxidation sites excluding steroid dienone is 1. The summed E-state index contributed by atoms with van der Waals surface area (Å²) < 4.78 is 8.85. The van der Waals surface area contributed by atoms with Crippen LogP contribution in [0.4, 0.5) is 15.0 Å². The molecule has 0 unspecified atom stereocenters. The number of aliphatic imine (C=N–C) groups is 1. The third kappa shape index (κ3) is 22.6. The number of aliphatic hydroxyl groups excluding tert-OH is 1. The summed E-state index contributed by atoms with van der Waals surface area (Å²) >= 11 is 15.7. The topological polar surface area (TPSA) is 409 Å². The second kappa shape index (κ2) is 39.6. The largest absolute Gasteiger partial charge is 0.507 e. The van der Waals surface area contributed by atoms with E-state index in [0.29, 0.717) is 22.6 Å². The van der Waals surface area contributed by atoms with Crippen LogP contribution in [0.3, 0.4) is 0 Å². The van der Waals surface area contributed by atoms with Crippen molar-refractivity contribution in [3.05, 3.63) is 201 Å². The summed E-state index contributed by atoms with van der Waals surface area (Å²) in [6.07, 6.45) is 16.4. The average molecular weight is 1680 g/mol. The molecule has 0 amide bonds. The van der Waals surface area contributed by atoms with Crippen molar-refractivity contribution in [1.29, 1.82) is 0 Å². The maximum atomic E-state index is 10.7. The first-order chi connectivity index (χ1) is 47.2. The molecule has 0 fully saturated rings. The molecule has 0 saturated heterocycles. The first-order valence-corrected chi connectivity index (χ1v) is 36.0. The standard InChI is InChI=1S/2C11H8N4O2S2.2C7H8BN3O2S.C7H7N3S.C7H6N2S.C4H2BrNO2S.CH4O.CH3.Pd.H2/c2*1-14-8(9-2-3-10(19-9)15(16)17)6-7(13-14)11-12-4-5-18-11;2*1-11-6(8(12)13)4-5(10-11)7-9-2-3-14-7;1-10-4-2-6(9-10)7-8-3-5-11-7;1-2-6(8-3-1)7-9-4-5-10-7;5-3-1-2-4(9-3)6(7)8;1-2;;;/h2*2-6H,1H3;2*2-4,12-13H,1H3;2-5H,1H3;1-2,4-5H,3H2;1-2H;2H,1H3;1H3;;1H/q;;;;;;;;-1;;. The third-order valence-corrected chi connectivity index (χ3v) is 20.6. The number of hydrogen-bond donors (Lipinski definition) is 5. The Morgan fingerprint density at radius 3 is 1.08 bits per heavy atom. The molecule has 5 N–H and O–H groups in total. The van der Waals surface area contributed by atoms with E-state index in [2.05, 4.69) is 76.3 Å². The second-order valence-corrected chi connectivity index (χ2v) is 28.6. The van der Waals surface area contributed by atoms with E-state index in [4.69, 9.17) is 25.2 Å². The fourth-order valence-corrected chi connectivity index (χ4v) is 14.4. The molecule has 0 radical (unpaired) electrons. The number of aromatic nitrogens is 16. The molecule has 0 atom stereocenters. The molecule has 44 heteroatoms. The predicted octanol–water partition coefficient (Wildman–Crippen LogP) is 10.6. The number of aryl methyl sites for hydroxylation is 5. The summed E-state index contributed by atoms with van der Waals surface area (Å²) in [5.74, 6) is 0. The van der Waals surface area contributed by atoms with Gasteiger partial charge in [0.2, 0.25) is 0 Å². The van der Waals surface area contributed by atoms with Crippen molar-refractivity contribution in [2.24, 2.45) is 40.2 Å². The van der Waals surface area contributed by atoms with Crippen LogP contribution in [0.1, 0.15) is 6.43 Å². The van der Waals surface area contributed by atoms with Crippen LogP contribution < -0.4 is 11.2 Å². The molecule has 524 valence electrons. The minimum absolute atomic E-state index is 0. The van der Waals surface area contributed by atoms with E-state index in [1.807, 2.05) is 90.0 Å². The van der Waals surface area contributed by atoms with Gasteiger partial charge in [0.25, 0.3) is 0 Å². The number of hydrogen-bond acceptors (Lipinski definition) is 32. The molecule has 0 aromatic carbocycles. The fraction of sp³-hybridized carbons (Fsp3) is 0.125. The Morgan fingerprint density at radius 1 is 0.470 bits per heavy atom. The van der Waals surface area contributed by atoms with Crippen molar-refractivity contribution in [2.45, 2.75) is 0 Å². The van der Waals surface area contributed by atoms with Crippen molar-refractivity contribution in [3.63, 3.8) is 0 Å². The zero-order chi connectivity index (χ0) is 70.4. The van der Waals surface area contributed by atoms with Crippen molar-refractivity contribution in [1.82, 2.24) is 78.8 Å². The molecule has 100 heavy (non-hydrogen) atoms. The molecular formula is C56H56B2BrN20O11PdS9-. The molecule has 0 spiro atoms. The Hall–Kier alpha value is -8.39. The smallest absolute Gasteiger partial charge is 0.422 e. The van der Waals surface area contributed by atoms with Crippen LogP contribution in [0.5, 0.6) is 0 Å². The Balaban J connectivity index is 0.000000213. The van der Waals surface area contributed by atoms with Gasteiger partial charge in [-0.3, -0.25) is 58.7 Å². The third-order valence-electron chi connectivity index (χ3n) is 12.2. The average Bonchev–Trinajstić information content (AvgIpc) is 1.69. The van der Waals surface area contributed by atoms with E-state index in [9.17, 15) is 30.3 Å². The number of nitrogens with zero attached hydrogens (tertiary/aromatic N) is 20. The zero-order valence-electron chi connectivity index (χ0n) is 52.9. The monoisotopic (exact) mass is 1680 g/mol. The van der Waals surface area contributed by atoms with Crippen LogP contribution >= 0.6 is 118 Å². The van der Waals surface area contributed by atoms with E-state index < -0.39 is 19.2 Å². The van der Waals surface area contributed by atoms with E-state index in [-0.39, 0.29) is 54.1 Å². The molecule has 1 aliphatic rings. The van der Waals surface area contributed by atoms with Gasteiger partial charge in [-0.05, 0) is 70.5 Å². The van der Waals surface area contributed by atoms with E-state index in [1.54, 1.807) is 118 Å². The number of thiazole rings is 6. The molecular weight excluding hydrogens is 1630 g/mol. The van der Waals surface area contributed by atoms with Crippen molar-refractivity contribution in [3.8, 4) is 74.6 Å². The molecule has 14 aromatic heterocycles. The summed E-state index contributed by atoms with van der Waals surface area (Å²) in [4.78, 5) is 61.0. The molecule has 15 heterocycles. The van der Waals surface area contributed by atoms with Crippen LogP contribution in [0, 0.1) is 37.8 Å². The van der Waals surface area contributed by atoms with Gasteiger partial charge in [-0.1, -0.05) is 40.1 Å². The summed E-state index contributed by atoms with van der Waals surface area (Å²) in [6, 6.07) is 18.6. The van der Waals surface area contributed by atoms with Gasteiger partial charge in [0.15, 0.2) is 0 Å². The Morgan fingerprint density at radius 2 is 0.810 bits per heavy atom. The summed E-state index contributed by atoms with van der Waals surface area (Å²) in [6.45, 7) is 0.814. The van der Waals surface area contributed by atoms with Gasteiger partial charge in [0.05, 0.1) is 63.1 Å². The quantitative estimate of drug-likeness (QED) is 0.0310. The van der Waals surface area contributed by atoms with Gasteiger partial charge in [-0.2, -0.15) is 25.5 Å². The summed E-state index contributed by atoms with van der Waals surface area (Å²) in [7, 11) is 6.85. The van der Waals surface area contributed by atoms with Crippen LogP contribution in [0.2, 0.25) is 0 Å². The number of halogens is 1. The van der Waals surface area contributed by atoms with Crippen LogP contribution in [-0.2, 0) is 55.7 Å². The van der Waals surface area contributed by atoms with Crippen LogP contribution in [0.15, 0.2) is 163 Å². The molecule has 15 rings (SSSR count). The van der Waals surface area contributed by atoms with Crippen LogP contribution in [-0.4, -0.2) is 152 Å². The molecule has 14 aromatic rings. The molecule has 1 aliphatic heterocycles. The maximum absolute atomic E-state index is 10.7. The normalized spacial score (nSPS) is 10.7. The summed E-state index contributed by atoms with van der Waals surface area (Å²) in [5, 5.41) is 113. The van der Waals surface area contributed by atoms with E-state index in [1.165, 1.54) is 72.9 Å². The van der Waals surface area contributed by atoms with Gasteiger partial charge in [-0.25, -0.2) is 29.9 Å². The first kappa shape index (κ1) is 80.6. The van der Waals surface area contributed by atoms with Crippen LogP contribution in [0.25, 0.3) is 74.6 Å². The summed E-state index contributed by atoms with van der Waals surface area (Å²) in [5.41, 5.74) is 7.26. The fourth-order valence-electron chi connectivity index (χ4n) is 7.93. The Bertz CT molecular complexity index is 4620. The van der Waals surface area contributed by atoms with Gasteiger partial charge in [0, 0.05) is 158 Å². The van der Waals surface area contributed by atoms with Gasteiger partial charge >= 0.3 is 29.2 Å². The minimum atomic E-state index is -1.50. The zero-order valence-corrected chi connectivity index (χ0v) is 63.4. The van der Waals surface area contributed by atoms with E-state index >= 15 is 0 Å². The number of thiophene rings is 3. The van der Waals surface area contributed by atoms with Gasteiger partial charge in [-0.15, -0.1) is 68.0 Å². The SMILES string of the molecule is C1=CC(c2nccs2)=NC1.CO.Cn1ccc(-c2nccs2)n1.Cn1nc(-c2nccs2)cc1-c1ccc([N+](=O)[O-])s1.Cn1nc(-c2nccs2)cc1-c1ccc([N+](=O)[O-])s1.Cn1nc(-c2nccs2)cc1B(O)O.Cn1nc(-c2nccs2)cc1B(O)O.O=[N+]([O-])c1ccc(Br)s1.[CH3-].[HH].[Pd]. The number of rotatable bonds is 13. The Kier molecular flexibility index (Phi) is 31.9. The molecule has 0 saturated carbocycles. The van der Waals surface area contributed by atoms with Crippen molar-refractivity contribution < 1.29 is 61.8 Å². The number of nitro groups is 3. The van der Waals surface area contributed by atoms with Gasteiger partial charge < -0.3 is 32.6 Å². The molecule has 31 nitrogen and oxygen atoms in total. The predicted molar refractivity (Wildman–Crippen MR) is 399 cm³/mol. The molecule has 0 aliphatic carbocycles. The minimum Gasteiger partial charge on any atom is -0.422 e. The van der Waals surface area contributed by atoms with Crippen molar-refractivity contribution >= 4 is 164 Å². The van der Waals surface area contributed by atoms with Gasteiger partial charge in [0.1, 0.15) is 58.5 Å². The first-order valence-electron chi connectivity index (χ1n) is 27.5. The second-order valence-electron chi connectivity index (χ2n) is 18.6. The van der Waals surface area contributed by atoms with E-state index in [0.717, 1.165) is 125 Å². The molecule has 0 bridgehead atoms. The Labute approximate surface area is 628 Å². The maximum Gasteiger partial charge on any atom is 0.507 e.